The molecule has 0 saturated heterocycles. The van der Waals surface area contributed by atoms with Crippen LogP contribution in [0.4, 0.5) is 11.4 Å². The van der Waals surface area contributed by atoms with Gasteiger partial charge in [0, 0.05) is 28.2 Å². The number of aromatic hydroxyl groups is 5. The second-order valence-electron chi connectivity index (χ2n) is 11.9. The fourth-order valence-corrected chi connectivity index (χ4v) is 6.63. The van der Waals surface area contributed by atoms with Gasteiger partial charge in [-0.15, -0.1) is 0 Å². The zero-order valence-corrected chi connectivity index (χ0v) is 26.1. The fourth-order valence-electron chi connectivity index (χ4n) is 6.63. The number of para-hydroxylation sites is 1. The van der Waals surface area contributed by atoms with E-state index in [0.717, 1.165) is 55.5 Å². The first-order chi connectivity index (χ1) is 23.8. The number of anilines is 2. The van der Waals surface area contributed by atoms with E-state index in [1.54, 1.807) is 4.57 Å². The van der Waals surface area contributed by atoms with Crippen molar-refractivity contribution in [3.8, 4) is 56.7 Å². The van der Waals surface area contributed by atoms with Gasteiger partial charge in [-0.1, -0.05) is 97.6 Å². The molecule has 7 heteroatoms. The number of nitrogens with zero attached hydrogens (tertiary/aromatic N) is 2. The summed E-state index contributed by atoms with van der Waals surface area (Å²) >= 11 is 0. The van der Waals surface area contributed by atoms with E-state index in [1.165, 1.54) is 0 Å². The van der Waals surface area contributed by atoms with Crippen LogP contribution >= 0.6 is 0 Å². The van der Waals surface area contributed by atoms with Gasteiger partial charge in [-0.2, -0.15) is 0 Å². The molecule has 0 saturated carbocycles. The van der Waals surface area contributed by atoms with Crippen LogP contribution in [0.15, 0.2) is 146 Å². The van der Waals surface area contributed by atoms with Crippen LogP contribution in [-0.4, -0.2) is 30.1 Å². The average Bonchev–Trinajstić information content (AvgIpc) is 3.46. The molecule has 7 nitrogen and oxygen atoms in total. The van der Waals surface area contributed by atoms with Gasteiger partial charge >= 0.3 is 0 Å². The molecule has 0 atom stereocenters. The highest BCUT2D eigenvalue weighted by molar-refractivity contribution is 6.11. The van der Waals surface area contributed by atoms with Gasteiger partial charge in [0.25, 0.3) is 0 Å². The molecule has 7 aromatic rings. The van der Waals surface area contributed by atoms with Crippen LogP contribution in [0.5, 0.6) is 28.7 Å². The molecule has 0 aliphatic carbocycles. The number of rotatable bonds is 4. The van der Waals surface area contributed by atoms with Crippen molar-refractivity contribution in [2.24, 2.45) is 0 Å². The first-order valence-electron chi connectivity index (χ1n) is 15.7. The van der Waals surface area contributed by atoms with Gasteiger partial charge in [-0.3, -0.25) is 0 Å². The Hall–Kier alpha value is -6.86. The van der Waals surface area contributed by atoms with Crippen LogP contribution in [-0.2, 0) is 0 Å². The summed E-state index contributed by atoms with van der Waals surface area (Å²) in [7, 11) is 0. The summed E-state index contributed by atoms with van der Waals surface area (Å²) in [5.41, 5.74) is 8.68. The molecule has 1 aliphatic heterocycles. The second-order valence-corrected chi connectivity index (χ2v) is 11.9. The maximum absolute atomic E-state index is 10.9. The number of allylic oxidation sites excluding steroid dienone is 4. The van der Waals surface area contributed by atoms with Gasteiger partial charge in [0.15, 0.2) is 11.5 Å². The zero-order chi connectivity index (χ0) is 33.8. The normalized spacial score (nSPS) is 14.0. The van der Waals surface area contributed by atoms with Gasteiger partial charge in [-0.05, 0) is 70.3 Å². The molecule has 0 amide bonds. The van der Waals surface area contributed by atoms with Crippen molar-refractivity contribution in [1.29, 1.82) is 0 Å². The summed E-state index contributed by atoms with van der Waals surface area (Å²) in [6.07, 6.45) is 7.98. The summed E-state index contributed by atoms with van der Waals surface area (Å²) in [4.78, 5) is 2.15. The predicted octanol–water partition coefficient (Wildman–Crippen LogP) is 9.88. The lowest BCUT2D eigenvalue weighted by Crippen LogP contribution is -2.11. The highest BCUT2D eigenvalue weighted by Crippen LogP contribution is 2.54. The zero-order valence-electron chi connectivity index (χ0n) is 26.1. The molecular formula is C42H30N2O5. The third-order valence-corrected chi connectivity index (χ3v) is 9.05. The first-order valence-corrected chi connectivity index (χ1v) is 15.7. The molecule has 0 spiro atoms. The van der Waals surface area contributed by atoms with Crippen molar-refractivity contribution in [2.45, 2.75) is 0 Å². The van der Waals surface area contributed by atoms with E-state index in [1.807, 2.05) is 91.2 Å². The molecule has 2 heterocycles. The minimum absolute atomic E-state index is 0.256. The van der Waals surface area contributed by atoms with Gasteiger partial charge in [0.05, 0.1) is 16.7 Å². The first kappa shape index (κ1) is 29.5. The van der Waals surface area contributed by atoms with Crippen molar-refractivity contribution < 1.29 is 25.5 Å². The quantitative estimate of drug-likeness (QED) is 0.0966. The Labute approximate surface area is 281 Å². The monoisotopic (exact) mass is 642 g/mol. The largest absolute Gasteiger partial charge is 0.503 e. The molecule has 1 aliphatic rings. The predicted molar refractivity (Wildman–Crippen MR) is 196 cm³/mol. The molecule has 0 unspecified atom stereocenters. The minimum Gasteiger partial charge on any atom is -0.503 e. The number of hydrogen-bond donors (Lipinski definition) is 5. The number of hydrogen-bond acceptors (Lipinski definition) is 6. The molecule has 6 aromatic carbocycles. The maximum atomic E-state index is 10.9. The van der Waals surface area contributed by atoms with E-state index in [2.05, 4.69) is 60.0 Å². The SMILES string of the molecule is C=C1/C=C\C=C/N(c2cccc(-c3ccccc3)c2)c2ccc(-c3ccc4c5ccccc5n(-c5c(O)c(O)c(O)c(O)c5O)c4c3)cc21. The molecule has 0 bridgehead atoms. The Morgan fingerprint density at radius 3 is 1.92 bits per heavy atom. The van der Waals surface area contributed by atoms with Crippen molar-refractivity contribution in [3.63, 3.8) is 0 Å². The average molecular weight is 643 g/mol. The number of phenolic OH excluding ortho intramolecular Hbond substituents is 5. The fraction of sp³-hybridized carbons (Fsp3) is 0. The van der Waals surface area contributed by atoms with E-state index in [4.69, 9.17) is 0 Å². The number of fused-ring (bicyclic) bond motifs is 4. The molecule has 5 N–H and O–H groups in total. The standard InChI is InChI=1S/C42H30N2O5/c1-25-10-7-8-21-43(30-14-9-13-27(22-30)26-11-3-2-4-12-26)34-20-18-28(23-33(25)34)29-17-19-32-31-15-5-6-16-35(31)44(36(32)24-29)37-38(45)40(47)42(49)41(48)39(37)46/h2-24,45-49H,1H2/b10-7-,21-8-. The highest BCUT2D eigenvalue weighted by Gasteiger charge is 2.27. The van der Waals surface area contributed by atoms with Crippen LogP contribution in [0.3, 0.4) is 0 Å². The van der Waals surface area contributed by atoms with Crippen LogP contribution in [0.2, 0.25) is 0 Å². The van der Waals surface area contributed by atoms with Gasteiger partial charge < -0.3 is 35.0 Å². The number of phenols is 5. The summed E-state index contributed by atoms with van der Waals surface area (Å²) in [6.45, 7) is 4.39. The van der Waals surface area contributed by atoms with Crippen molar-refractivity contribution >= 4 is 38.8 Å². The Morgan fingerprint density at radius 2 is 1.12 bits per heavy atom. The summed E-state index contributed by atoms with van der Waals surface area (Å²) in [6, 6.07) is 38.2. The van der Waals surface area contributed by atoms with Gasteiger partial charge in [-0.25, -0.2) is 0 Å². The summed E-state index contributed by atoms with van der Waals surface area (Å²) < 4.78 is 1.57. The van der Waals surface area contributed by atoms with E-state index >= 15 is 0 Å². The van der Waals surface area contributed by atoms with Crippen LogP contribution in [0.25, 0.3) is 55.3 Å². The highest BCUT2D eigenvalue weighted by atomic mass is 16.4. The summed E-state index contributed by atoms with van der Waals surface area (Å²) in [5.74, 6) is -4.42. The van der Waals surface area contributed by atoms with E-state index in [0.29, 0.717) is 11.0 Å². The Kier molecular flexibility index (Phi) is 6.89. The third kappa shape index (κ3) is 4.75. The Balaban J connectivity index is 1.30. The topological polar surface area (TPSA) is 109 Å². The second kappa shape index (κ2) is 11.4. The molecule has 1 aromatic heterocycles. The van der Waals surface area contributed by atoms with Gasteiger partial charge in [0.1, 0.15) is 5.69 Å². The number of aromatic nitrogens is 1. The third-order valence-electron chi connectivity index (χ3n) is 9.05. The molecule has 49 heavy (non-hydrogen) atoms. The van der Waals surface area contributed by atoms with E-state index in [9.17, 15) is 25.5 Å². The molecule has 0 radical (unpaired) electrons. The van der Waals surface area contributed by atoms with E-state index in [-0.39, 0.29) is 5.69 Å². The van der Waals surface area contributed by atoms with Crippen LogP contribution in [0, 0.1) is 0 Å². The van der Waals surface area contributed by atoms with Crippen LogP contribution in [0.1, 0.15) is 5.56 Å². The number of benzene rings is 6. The van der Waals surface area contributed by atoms with Crippen molar-refractivity contribution in [3.05, 3.63) is 152 Å². The van der Waals surface area contributed by atoms with Crippen LogP contribution < -0.4 is 4.90 Å². The smallest absolute Gasteiger partial charge is 0.208 e. The van der Waals surface area contributed by atoms with Crippen molar-refractivity contribution in [1.82, 2.24) is 4.57 Å². The molecular weight excluding hydrogens is 612 g/mol. The molecule has 8 rings (SSSR count). The van der Waals surface area contributed by atoms with E-state index < -0.39 is 28.7 Å². The van der Waals surface area contributed by atoms with Gasteiger partial charge in [0.2, 0.25) is 17.2 Å². The summed E-state index contributed by atoms with van der Waals surface area (Å²) in [5, 5.41) is 54.4. The Bertz CT molecular complexity index is 2500. The lowest BCUT2D eigenvalue weighted by Gasteiger charge is -2.26. The lowest BCUT2D eigenvalue weighted by molar-refractivity contribution is 0.327. The molecule has 238 valence electrons. The Morgan fingerprint density at radius 1 is 0.490 bits per heavy atom. The lowest BCUT2D eigenvalue weighted by atomic mass is 9.95. The maximum Gasteiger partial charge on any atom is 0.208 e. The molecule has 0 fully saturated rings. The minimum atomic E-state index is -1.01. The van der Waals surface area contributed by atoms with Crippen molar-refractivity contribution in [2.75, 3.05) is 4.90 Å².